The standard InChI is InChI=1S/C11H8I3N3O3/c1-17-10(18)5-7(12)4(2-15)8(13)6(9(5)14)11(19)20-3-16/h3,16H2,1H3,(H,17,18). The minimum absolute atomic E-state index is 0.187. The molecule has 0 spiro atoms. The van der Waals surface area contributed by atoms with Crippen LogP contribution in [-0.4, -0.2) is 25.7 Å². The zero-order valence-corrected chi connectivity index (χ0v) is 16.6. The molecule has 0 radical (unpaired) electrons. The van der Waals surface area contributed by atoms with Crippen LogP contribution in [0.2, 0.25) is 0 Å². The van der Waals surface area contributed by atoms with Gasteiger partial charge in [0, 0.05) is 17.8 Å². The van der Waals surface area contributed by atoms with Crippen molar-refractivity contribution in [2.24, 2.45) is 5.73 Å². The van der Waals surface area contributed by atoms with Crippen molar-refractivity contribution in [1.82, 2.24) is 5.32 Å². The third kappa shape index (κ3) is 3.34. The van der Waals surface area contributed by atoms with Crippen molar-refractivity contribution in [3.63, 3.8) is 0 Å². The number of nitrogens with two attached hydrogens (primary N) is 1. The molecule has 3 N–H and O–H groups in total. The molecule has 1 rings (SSSR count). The molecule has 6 nitrogen and oxygen atoms in total. The van der Waals surface area contributed by atoms with Gasteiger partial charge in [-0.25, -0.2) is 4.79 Å². The molecule has 0 fully saturated rings. The molecule has 0 saturated carbocycles. The van der Waals surface area contributed by atoms with Crippen molar-refractivity contribution in [3.8, 4) is 6.07 Å². The Balaban J connectivity index is 3.73. The molecule has 1 aromatic carbocycles. The van der Waals surface area contributed by atoms with Gasteiger partial charge in [0.15, 0.2) is 0 Å². The molecule has 0 saturated heterocycles. The average Bonchev–Trinajstić information content (AvgIpc) is 2.39. The Hall–Kier alpha value is -0.200. The van der Waals surface area contributed by atoms with Crippen LogP contribution in [0.5, 0.6) is 0 Å². The molecule has 0 heterocycles. The zero-order chi connectivity index (χ0) is 15.4. The third-order valence-electron chi connectivity index (χ3n) is 2.30. The summed E-state index contributed by atoms with van der Waals surface area (Å²) < 4.78 is 6.17. The first-order valence-corrected chi connectivity index (χ1v) is 8.34. The number of halogens is 3. The number of carbonyl (C=O) groups excluding carboxylic acids is 2. The number of esters is 1. The van der Waals surface area contributed by atoms with E-state index in [4.69, 9.17) is 10.5 Å². The minimum atomic E-state index is -0.653. The summed E-state index contributed by atoms with van der Waals surface area (Å²) in [4.78, 5) is 23.9. The van der Waals surface area contributed by atoms with E-state index >= 15 is 0 Å². The lowest BCUT2D eigenvalue weighted by Gasteiger charge is -2.14. The number of benzene rings is 1. The Morgan fingerprint density at radius 1 is 1.25 bits per heavy atom. The van der Waals surface area contributed by atoms with Gasteiger partial charge in [-0.05, 0) is 67.8 Å². The quantitative estimate of drug-likeness (QED) is 0.309. The predicted octanol–water partition coefficient (Wildman–Crippen LogP) is 1.80. The number of nitrogens with one attached hydrogen (secondary N) is 1. The van der Waals surface area contributed by atoms with E-state index in [0.717, 1.165) is 0 Å². The van der Waals surface area contributed by atoms with Crippen molar-refractivity contribution < 1.29 is 14.3 Å². The van der Waals surface area contributed by atoms with Crippen molar-refractivity contribution in [1.29, 1.82) is 5.26 Å². The molecule has 0 bridgehead atoms. The molecule has 0 aliphatic carbocycles. The Morgan fingerprint density at radius 2 is 1.80 bits per heavy atom. The molecular formula is C11H8I3N3O3. The van der Waals surface area contributed by atoms with E-state index in [1.54, 1.807) is 0 Å². The molecule has 1 aromatic rings. The predicted molar refractivity (Wildman–Crippen MR) is 97.2 cm³/mol. The fourth-order valence-corrected chi connectivity index (χ4v) is 5.75. The number of hydrogen-bond acceptors (Lipinski definition) is 5. The molecule has 0 unspecified atom stereocenters. The molecule has 0 atom stereocenters. The van der Waals surface area contributed by atoms with Crippen LogP contribution < -0.4 is 11.1 Å². The summed E-state index contributed by atoms with van der Waals surface area (Å²) in [6.45, 7) is -0.270. The van der Waals surface area contributed by atoms with E-state index in [2.05, 4.69) is 5.32 Å². The van der Waals surface area contributed by atoms with E-state index in [0.29, 0.717) is 10.7 Å². The monoisotopic (exact) mass is 611 g/mol. The first-order chi connectivity index (χ1) is 9.40. The molecule has 106 valence electrons. The minimum Gasteiger partial charge on any atom is -0.446 e. The second kappa shape index (κ2) is 7.71. The normalized spacial score (nSPS) is 9.80. The fourth-order valence-electron chi connectivity index (χ4n) is 1.41. The number of hydrogen-bond donors (Lipinski definition) is 2. The number of amides is 1. The van der Waals surface area contributed by atoms with Gasteiger partial charge in [-0.1, -0.05) is 0 Å². The van der Waals surface area contributed by atoms with Crippen molar-refractivity contribution in [2.45, 2.75) is 0 Å². The molecule has 1 amide bonds. The lowest BCUT2D eigenvalue weighted by molar-refractivity contribution is 0.0512. The highest BCUT2D eigenvalue weighted by Gasteiger charge is 2.27. The third-order valence-corrected chi connectivity index (χ3v) is 5.54. The maximum Gasteiger partial charge on any atom is 0.341 e. The van der Waals surface area contributed by atoms with Crippen molar-refractivity contribution >= 4 is 79.6 Å². The first kappa shape index (κ1) is 17.9. The summed E-state index contributed by atoms with van der Waals surface area (Å²) in [5.41, 5.74) is 5.94. The van der Waals surface area contributed by atoms with Gasteiger partial charge in [-0.15, -0.1) is 0 Å². The van der Waals surface area contributed by atoms with Crippen LogP contribution in [0.1, 0.15) is 26.3 Å². The highest BCUT2D eigenvalue weighted by Crippen LogP contribution is 2.32. The second-order valence-electron chi connectivity index (χ2n) is 3.36. The summed E-state index contributed by atoms with van der Waals surface area (Å²) in [6, 6.07) is 2.01. The number of rotatable bonds is 3. The van der Waals surface area contributed by atoms with E-state index in [1.807, 2.05) is 73.8 Å². The lowest BCUT2D eigenvalue weighted by Crippen LogP contribution is -2.24. The Bertz CT molecular complexity index is 626. The van der Waals surface area contributed by atoms with E-state index < -0.39 is 5.97 Å². The zero-order valence-electron chi connectivity index (χ0n) is 10.1. The van der Waals surface area contributed by atoms with Gasteiger partial charge in [-0.3, -0.25) is 10.5 Å². The molecule has 0 aliphatic heterocycles. The molecule has 9 heteroatoms. The average molecular weight is 611 g/mol. The number of carbonyl (C=O) groups is 2. The topological polar surface area (TPSA) is 105 Å². The van der Waals surface area contributed by atoms with E-state index in [9.17, 15) is 14.9 Å². The van der Waals surface area contributed by atoms with Crippen LogP contribution in [0.4, 0.5) is 0 Å². The molecule has 0 aliphatic rings. The van der Waals surface area contributed by atoms with Crippen LogP contribution in [0, 0.1) is 22.0 Å². The van der Waals surface area contributed by atoms with Gasteiger partial charge in [-0.2, -0.15) is 5.26 Å². The van der Waals surface area contributed by atoms with Crippen molar-refractivity contribution in [2.75, 3.05) is 13.8 Å². The molecular weight excluding hydrogens is 603 g/mol. The van der Waals surface area contributed by atoms with Crippen LogP contribution in [-0.2, 0) is 4.74 Å². The molecule has 0 aromatic heterocycles. The van der Waals surface area contributed by atoms with Gasteiger partial charge in [0.2, 0.25) is 0 Å². The molecule has 20 heavy (non-hydrogen) atoms. The number of nitrogens with zero attached hydrogens (tertiary/aromatic N) is 1. The highest BCUT2D eigenvalue weighted by molar-refractivity contribution is 14.1. The van der Waals surface area contributed by atoms with Gasteiger partial charge >= 0.3 is 5.97 Å². The maximum absolute atomic E-state index is 12.0. The van der Waals surface area contributed by atoms with Gasteiger partial charge in [0.05, 0.1) is 16.7 Å². The lowest BCUT2D eigenvalue weighted by atomic mass is 10.1. The fraction of sp³-hybridized carbons (Fsp3) is 0.182. The number of ether oxygens (including phenoxy) is 1. The Labute approximate surface area is 156 Å². The maximum atomic E-state index is 12.0. The summed E-state index contributed by atoms with van der Waals surface area (Å²) in [7, 11) is 1.48. The van der Waals surface area contributed by atoms with Crippen LogP contribution >= 0.6 is 67.8 Å². The summed E-state index contributed by atoms with van der Waals surface area (Å²) in [5, 5.41) is 11.7. The Kier molecular flexibility index (Phi) is 6.88. The van der Waals surface area contributed by atoms with E-state index in [-0.39, 0.29) is 29.3 Å². The van der Waals surface area contributed by atoms with Gasteiger partial charge in [0.1, 0.15) is 12.8 Å². The smallest absolute Gasteiger partial charge is 0.341 e. The Morgan fingerprint density at radius 3 is 2.25 bits per heavy atom. The van der Waals surface area contributed by atoms with E-state index in [1.165, 1.54) is 7.05 Å². The van der Waals surface area contributed by atoms with Crippen LogP contribution in [0.3, 0.4) is 0 Å². The largest absolute Gasteiger partial charge is 0.446 e. The summed E-state index contributed by atoms with van der Waals surface area (Å²) in [6.07, 6.45) is 0. The van der Waals surface area contributed by atoms with Gasteiger partial charge < -0.3 is 10.1 Å². The second-order valence-corrected chi connectivity index (χ2v) is 6.59. The van der Waals surface area contributed by atoms with Gasteiger partial charge in [0.25, 0.3) is 5.91 Å². The van der Waals surface area contributed by atoms with Crippen molar-refractivity contribution in [3.05, 3.63) is 27.4 Å². The number of nitriles is 1. The van der Waals surface area contributed by atoms with Crippen LogP contribution in [0.25, 0.3) is 0 Å². The van der Waals surface area contributed by atoms with Crippen LogP contribution in [0.15, 0.2) is 0 Å². The highest BCUT2D eigenvalue weighted by atomic mass is 127. The SMILES string of the molecule is CNC(=O)c1c(I)c(C#N)c(I)c(C(=O)OCN)c1I. The summed E-state index contributed by atoms with van der Waals surface area (Å²) >= 11 is 5.71. The summed E-state index contributed by atoms with van der Waals surface area (Å²) in [5.74, 6) is -1.02. The first-order valence-electron chi connectivity index (χ1n) is 5.10.